The molecule has 0 fully saturated rings. The van der Waals surface area contributed by atoms with Crippen molar-refractivity contribution in [1.29, 1.82) is 0 Å². The van der Waals surface area contributed by atoms with Gasteiger partial charge in [0.05, 0.1) is 0 Å². The molecule has 1 heterocycles. The van der Waals surface area contributed by atoms with Gasteiger partial charge in [-0.25, -0.2) is 0 Å². The minimum atomic E-state index is 0.640. The van der Waals surface area contributed by atoms with Gasteiger partial charge in [-0.3, -0.25) is 0 Å². The van der Waals surface area contributed by atoms with Crippen LogP contribution in [0.3, 0.4) is 0 Å². The Balaban J connectivity index is 2.18. The van der Waals surface area contributed by atoms with Crippen molar-refractivity contribution in [2.24, 2.45) is 0 Å². The lowest BCUT2D eigenvalue weighted by Crippen LogP contribution is -2.39. The molecule has 1 aliphatic rings. The van der Waals surface area contributed by atoms with Gasteiger partial charge < -0.3 is 9.80 Å². The van der Waals surface area contributed by atoms with E-state index in [-0.39, 0.29) is 0 Å². The van der Waals surface area contributed by atoms with Crippen molar-refractivity contribution >= 4 is 0 Å². The monoisotopic (exact) mass is 575 g/mol. The van der Waals surface area contributed by atoms with Crippen molar-refractivity contribution < 1.29 is 0 Å². The zero-order valence-corrected chi connectivity index (χ0v) is 29.0. The van der Waals surface area contributed by atoms with Crippen LogP contribution in [0.4, 0.5) is 0 Å². The maximum Gasteiger partial charge on any atom is 0.101 e. The van der Waals surface area contributed by atoms with Gasteiger partial charge in [0.25, 0.3) is 0 Å². The van der Waals surface area contributed by atoms with E-state index in [4.69, 9.17) is 0 Å². The Bertz CT molecular complexity index is 530. The molecule has 1 unspecified atom stereocenters. The second-order valence-electron chi connectivity index (χ2n) is 13.6. The minimum Gasteiger partial charge on any atom is -0.356 e. The van der Waals surface area contributed by atoms with Gasteiger partial charge in [0, 0.05) is 25.5 Å². The first-order valence-electron chi connectivity index (χ1n) is 19.5. The molecule has 0 aliphatic carbocycles. The molecule has 0 saturated heterocycles. The molecule has 0 N–H and O–H groups in total. The Morgan fingerprint density at radius 2 is 0.561 bits per heavy atom. The fourth-order valence-electron chi connectivity index (χ4n) is 6.72. The molecule has 0 aromatic rings. The topological polar surface area (TPSA) is 6.48 Å². The quantitative estimate of drug-likeness (QED) is 0.0719. The first-order valence-corrected chi connectivity index (χ1v) is 19.5. The summed E-state index contributed by atoms with van der Waals surface area (Å²) < 4.78 is 0. The van der Waals surface area contributed by atoms with Crippen molar-refractivity contribution in [3.05, 3.63) is 12.4 Å². The summed E-state index contributed by atoms with van der Waals surface area (Å²) in [5.74, 6) is 0. The average Bonchev–Trinajstić information content (AvgIpc) is 3.37. The molecule has 0 bridgehead atoms. The second kappa shape index (κ2) is 30.8. The summed E-state index contributed by atoms with van der Waals surface area (Å²) in [6.45, 7) is 9.48. The predicted molar refractivity (Wildman–Crippen MR) is 186 cm³/mol. The normalized spacial score (nSPS) is 15.0. The maximum absolute atomic E-state index is 2.71. The lowest BCUT2D eigenvalue weighted by atomic mass is 10.0. The van der Waals surface area contributed by atoms with Crippen molar-refractivity contribution in [2.75, 3.05) is 13.1 Å². The van der Waals surface area contributed by atoms with Gasteiger partial charge in [-0.05, 0) is 25.7 Å². The third-order valence-electron chi connectivity index (χ3n) is 9.57. The van der Waals surface area contributed by atoms with E-state index in [9.17, 15) is 0 Å². The fraction of sp³-hybridized carbons (Fsp3) is 0.949. The van der Waals surface area contributed by atoms with E-state index in [1.807, 2.05) is 0 Å². The number of unbranched alkanes of at least 4 members (excludes halogenated alkanes) is 27. The summed E-state index contributed by atoms with van der Waals surface area (Å²) in [6, 6.07) is 0. The van der Waals surface area contributed by atoms with Crippen molar-refractivity contribution in [1.82, 2.24) is 9.80 Å². The lowest BCUT2D eigenvalue weighted by Gasteiger charge is -2.33. The van der Waals surface area contributed by atoms with Crippen LogP contribution in [-0.4, -0.2) is 29.1 Å². The van der Waals surface area contributed by atoms with Crippen LogP contribution in [-0.2, 0) is 0 Å². The molecular weight excluding hydrogens is 496 g/mol. The summed E-state index contributed by atoms with van der Waals surface area (Å²) >= 11 is 0. The molecule has 0 saturated carbocycles. The van der Waals surface area contributed by atoms with Crippen molar-refractivity contribution in [3.8, 4) is 0 Å². The van der Waals surface area contributed by atoms with E-state index in [0.29, 0.717) is 6.17 Å². The van der Waals surface area contributed by atoms with Crippen molar-refractivity contribution in [3.63, 3.8) is 0 Å². The van der Waals surface area contributed by atoms with Crippen LogP contribution in [0, 0.1) is 0 Å². The third-order valence-corrected chi connectivity index (χ3v) is 9.57. The number of hydrogen-bond acceptors (Lipinski definition) is 2. The molecule has 2 heteroatoms. The number of rotatable bonds is 33. The van der Waals surface area contributed by atoms with E-state index in [1.54, 1.807) is 0 Å². The molecular formula is C39H78N2. The highest BCUT2D eigenvalue weighted by atomic mass is 15.4. The Hall–Kier alpha value is -0.660. The largest absolute Gasteiger partial charge is 0.356 e. The Morgan fingerprint density at radius 1 is 0.317 bits per heavy atom. The summed E-state index contributed by atoms with van der Waals surface area (Å²) in [7, 11) is 0. The molecule has 0 amide bonds. The van der Waals surface area contributed by atoms with Crippen LogP contribution in [0.5, 0.6) is 0 Å². The molecule has 0 radical (unpaired) electrons. The standard InChI is InChI=1S/C39H78N2/c1-4-7-10-13-16-18-20-21-22-23-24-26-28-31-34-39-40(35-32-29-15-12-9-6-3)37-38-41(39)36-33-30-27-25-19-17-14-11-8-5-2/h37-39H,4-36H2,1-3H3. The van der Waals surface area contributed by atoms with Gasteiger partial charge in [0.15, 0.2) is 0 Å². The molecule has 0 spiro atoms. The second-order valence-corrected chi connectivity index (χ2v) is 13.6. The van der Waals surface area contributed by atoms with E-state index >= 15 is 0 Å². The molecule has 0 aromatic heterocycles. The molecule has 244 valence electrons. The van der Waals surface area contributed by atoms with E-state index in [1.165, 1.54) is 212 Å². The highest BCUT2D eigenvalue weighted by molar-refractivity contribution is 4.97. The molecule has 1 atom stereocenters. The Kier molecular flexibility index (Phi) is 28.8. The van der Waals surface area contributed by atoms with E-state index < -0.39 is 0 Å². The molecule has 1 rings (SSSR count). The number of nitrogens with zero attached hydrogens (tertiary/aromatic N) is 2. The van der Waals surface area contributed by atoms with E-state index in [2.05, 4.69) is 43.0 Å². The summed E-state index contributed by atoms with van der Waals surface area (Å²) in [6.07, 6.45) is 49.9. The van der Waals surface area contributed by atoms with Crippen LogP contribution >= 0.6 is 0 Å². The molecule has 1 aliphatic heterocycles. The molecule has 2 nitrogen and oxygen atoms in total. The SMILES string of the molecule is CCCCCCCCCCCCCCCCC1N(CCCCCCCC)C=CN1CCCCCCCCCCCC. The lowest BCUT2D eigenvalue weighted by molar-refractivity contribution is 0.135. The minimum absolute atomic E-state index is 0.640. The zero-order valence-electron chi connectivity index (χ0n) is 29.0. The highest BCUT2D eigenvalue weighted by Gasteiger charge is 2.24. The Labute approximate surface area is 260 Å². The third kappa shape index (κ3) is 23.5. The van der Waals surface area contributed by atoms with Gasteiger partial charge in [-0.15, -0.1) is 0 Å². The summed E-state index contributed by atoms with van der Waals surface area (Å²) in [4.78, 5) is 5.42. The van der Waals surface area contributed by atoms with Crippen molar-refractivity contribution in [2.45, 2.75) is 226 Å². The average molecular weight is 575 g/mol. The zero-order chi connectivity index (χ0) is 29.5. The van der Waals surface area contributed by atoms with Crippen LogP contribution in [0.1, 0.15) is 220 Å². The summed E-state index contributed by atoms with van der Waals surface area (Å²) in [5, 5.41) is 0. The maximum atomic E-state index is 2.71. The summed E-state index contributed by atoms with van der Waals surface area (Å²) in [5.41, 5.74) is 0. The van der Waals surface area contributed by atoms with Crippen LogP contribution in [0.2, 0.25) is 0 Å². The van der Waals surface area contributed by atoms with E-state index in [0.717, 1.165) is 0 Å². The van der Waals surface area contributed by atoms with Crippen LogP contribution in [0.25, 0.3) is 0 Å². The van der Waals surface area contributed by atoms with Gasteiger partial charge in [-0.2, -0.15) is 0 Å². The van der Waals surface area contributed by atoms with Gasteiger partial charge >= 0.3 is 0 Å². The first kappa shape index (κ1) is 38.4. The van der Waals surface area contributed by atoms with Gasteiger partial charge in [0.2, 0.25) is 0 Å². The molecule has 0 aromatic carbocycles. The first-order chi connectivity index (χ1) is 20.3. The van der Waals surface area contributed by atoms with Gasteiger partial charge in [0.1, 0.15) is 6.17 Å². The fourth-order valence-corrected chi connectivity index (χ4v) is 6.72. The van der Waals surface area contributed by atoms with Gasteiger partial charge in [-0.1, -0.05) is 194 Å². The smallest absolute Gasteiger partial charge is 0.101 e. The van der Waals surface area contributed by atoms with Crippen LogP contribution < -0.4 is 0 Å². The van der Waals surface area contributed by atoms with Crippen LogP contribution in [0.15, 0.2) is 12.4 Å². The predicted octanol–water partition coefficient (Wildman–Crippen LogP) is 13.6. The highest BCUT2D eigenvalue weighted by Crippen LogP contribution is 2.24. The Morgan fingerprint density at radius 3 is 0.854 bits per heavy atom. The number of hydrogen-bond donors (Lipinski definition) is 0. The molecule has 41 heavy (non-hydrogen) atoms.